The average Bonchev–Trinajstić information content (AvgIpc) is 2.62. The van der Waals surface area contributed by atoms with Crippen LogP contribution in [-0.4, -0.2) is 24.2 Å². The Morgan fingerprint density at radius 2 is 2.21 bits per heavy atom. The third-order valence-electron chi connectivity index (χ3n) is 2.86. The molecule has 1 aliphatic rings. The Balaban J connectivity index is 2.42. The first-order valence-corrected chi connectivity index (χ1v) is 4.51. The van der Waals surface area contributed by atoms with Crippen LogP contribution in [0.4, 0.5) is 0 Å². The van der Waals surface area contributed by atoms with E-state index in [0.717, 1.165) is 0 Å². The van der Waals surface area contributed by atoms with Crippen LogP contribution in [0.1, 0.15) is 13.8 Å². The highest BCUT2D eigenvalue weighted by atomic mass is 16.4. The smallest absolute Gasteiger partial charge is 0.307 e. The molecule has 0 aromatic heterocycles. The summed E-state index contributed by atoms with van der Waals surface area (Å²) in [6, 6.07) is 0. The number of hydrogen-bond donors (Lipinski definition) is 1. The van der Waals surface area contributed by atoms with E-state index in [-0.39, 0.29) is 23.8 Å². The van der Waals surface area contributed by atoms with Gasteiger partial charge in [0.15, 0.2) is 0 Å². The Hall–Kier alpha value is -1.37. The van der Waals surface area contributed by atoms with Crippen LogP contribution in [0.25, 0.3) is 0 Å². The molecule has 0 saturated heterocycles. The quantitative estimate of drug-likeness (QED) is 0.543. The van der Waals surface area contributed by atoms with Crippen LogP contribution < -0.4 is 0 Å². The van der Waals surface area contributed by atoms with Crippen molar-refractivity contribution in [3.63, 3.8) is 0 Å². The Morgan fingerprint density at radius 3 is 2.64 bits per heavy atom. The summed E-state index contributed by atoms with van der Waals surface area (Å²) in [6.45, 7) is 4.61. The zero-order valence-corrected chi connectivity index (χ0v) is 8.40. The number of azo groups is 1. The first-order chi connectivity index (χ1) is 6.51. The summed E-state index contributed by atoms with van der Waals surface area (Å²) < 4.78 is 0. The fourth-order valence-electron chi connectivity index (χ4n) is 1.81. The summed E-state index contributed by atoms with van der Waals surface area (Å²) in [5, 5.41) is 16.5. The van der Waals surface area contributed by atoms with Crippen LogP contribution in [0.3, 0.4) is 0 Å². The highest BCUT2D eigenvalue weighted by Crippen LogP contribution is 2.58. The first-order valence-electron chi connectivity index (χ1n) is 4.51. The second kappa shape index (κ2) is 3.79. The molecule has 0 aromatic carbocycles. The highest BCUT2D eigenvalue weighted by Gasteiger charge is 2.61. The van der Waals surface area contributed by atoms with E-state index in [0.29, 0.717) is 6.54 Å². The third-order valence-corrected chi connectivity index (χ3v) is 2.86. The van der Waals surface area contributed by atoms with E-state index in [1.54, 1.807) is 0 Å². The molecule has 1 fully saturated rings. The lowest BCUT2D eigenvalue weighted by molar-refractivity contribution is -0.139. The normalized spacial score (nSPS) is 28.6. The van der Waals surface area contributed by atoms with Gasteiger partial charge in [-0.05, 0) is 11.3 Å². The summed E-state index contributed by atoms with van der Waals surface area (Å²) in [6.07, 6.45) is 4.99. The lowest BCUT2D eigenvalue weighted by atomic mass is 10.1. The van der Waals surface area contributed by atoms with E-state index >= 15 is 0 Å². The maximum absolute atomic E-state index is 10.8. The second-order valence-electron chi connectivity index (χ2n) is 4.07. The minimum absolute atomic E-state index is 0.0986. The van der Waals surface area contributed by atoms with Crippen molar-refractivity contribution in [1.82, 2.24) is 0 Å². The van der Waals surface area contributed by atoms with Crippen molar-refractivity contribution in [2.75, 3.05) is 13.1 Å². The van der Waals surface area contributed by atoms with Gasteiger partial charge in [-0.2, -0.15) is 10.2 Å². The summed E-state index contributed by atoms with van der Waals surface area (Å²) in [7, 11) is 0. The molecule has 0 bridgehead atoms. The number of terminal acetylenes is 1. The number of nitrogens with zero attached hydrogens (tertiary/aromatic N) is 2. The van der Waals surface area contributed by atoms with Crippen molar-refractivity contribution in [3.05, 3.63) is 0 Å². The average molecular weight is 194 g/mol. The Bertz CT molecular complexity index is 302. The zero-order valence-electron chi connectivity index (χ0n) is 8.40. The van der Waals surface area contributed by atoms with Crippen molar-refractivity contribution < 1.29 is 9.90 Å². The number of carboxylic acid groups (broad SMARTS) is 1. The van der Waals surface area contributed by atoms with E-state index < -0.39 is 5.97 Å². The molecule has 0 aliphatic heterocycles. The largest absolute Gasteiger partial charge is 0.481 e. The number of rotatable bonds is 4. The molecule has 1 aliphatic carbocycles. The first kappa shape index (κ1) is 10.7. The van der Waals surface area contributed by atoms with Gasteiger partial charge in [-0.15, -0.1) is 6.42 Å². The SMILES string of the molecule is C#CCN=NCC1C(C(=O)O)C1(C)C. The Morgan fingerprint density at radius 1 is 1.57 bits per heavy atom. The third kappa shape index (κ3) is 1.92. The maximum Gasteiger partial charge on any atom is 0.307 e. The fraction of sp³-hybridized carbons (Fsp3) is 0.700. The molecule has 0 heterocycles. The van der Waals surface area contributed by atoms with Crippen molar-refractivity contribution in [2.24, 2.45) is 27.5 Å². The van der Waals surface area contributed by atoms with E-state index in [9.17, 15) is 4.79 Å². The summed E-state index contributed by atoms with van der Waals surface area (Å²) in [5.74, 6) is 1.41. The van der Waals surface area contributed by atoms with Crippen LogP contribution in [0.2, 0.25) is 0 Å². The lowest BCUT2D eigenvalue weighted by Gasteiger charge is -1.97. The predicted molar refractivity (Wildman–Crippen MR) is 51.8 cm³/mol. The molecule has 76 valence electrons. The molecule has 2 unspecified atom stereocenters. The van der Waals surface area contributed by atoms with Gasteiger partial charge in [0.1, 0.15) is 6.54 Å². The number of hydrogen-bond acceptors (Lipinski definition) is 3. The molecular formula is C10H14N2O2. The van der Waals surface area contributed by atoms with E-state index in [4.69, 9.17) is 11.5 Å². The summed E-state index contributed by atoms with van der Waals surface area (Å²) >= 11 is 0. The van der Waals surface area contributed by atoms with E-state index in [1.807, 2.05) is 13.8 Å². The number of carboxylic acids is 1. The van der Waals surface area contributed by atoms with E-state index in [1.165, 1.54) is 0 Å². The standard InChI is InChI=1S/C10H14N2O2/c1-4-5-11-12-6-7-8(9(13)14)10(7,2)3/h1,7-8H,5-6H2,2-3H3,(H,13,14). The van der Waals surface area contributed by atoms with Crippen molar-refractivity contribution in [2.45, 2.75) is 13.8 Å². The van der Waals surface area contributed by atoms with Gasteiger partial charge in [-0.3, -0.25) is 4.79 Å². The van der Waals surface area contributed by atoms with Gasteiger partial charge in [0.05, 0.1) is 12.5 Å². The molecule has 0 aromatic rings. The van der Waals surface area contributed by atoms with Crippen molar-refractivity contribution in [3.8, 4) is 12.3 Å². The molecule has 1 N–H and O–H groups in total. The second-order valence-corrected chi connectivity index (χ2v) is 4.07. The van der Waals surface area contributed by atoms with Crippen molar-refractivity contribution >= 4 is 5.97 Å². The molecule has 0 radical (unpaired) electrons. The minimum atomic E-state index is -0.743. The lowest BCUT2D eigenvalue weighted by Crippen LogP contribution is -2.03. The topological polar surface area (TPSA) is 62.0 Å². The minimum Gasteiger partial charge on any atom is -0.481 e. The summed E-state index contributed by atoms with van der Waals surface area (Å²) in [4.78, 5) is 10.8. The Kier molecular flexibility index (Phi) is 2.90. The van der Waals surface area contributed by atoms with E-state index in [2.05, 4.69) is 16.1 Å². The number of carbonyl (C=O) groups is 1. The van der Waals surface area contributed by atoms with Gasteiger partial charge in [-0.25, -0.2) is 0 Å². The van der Waals surface area contributed by atoms with Crippen LogP contribution in [0, 0.1) is 29.6 Å². The Labute approximate surface area is 83.4 Å². The van der Waals surface area contributed by atoms with Gasteiger partial charge in [0.2, 0.25) is 0 Å². The molecule has 2 atom stereocenters. The molecule has 14 heavy (non-hydrogen) atoms. The van der Waals surface area contributed by atoms with Gasteiger partial charge < -0.3 is 5.11 Å². The predicted octanol–water partition coefficient (Wildman–Crippen LogP) is 1.43. The van der Waals surface area contributed by atoms with Crippen LogP contribution in [0.15, 0.2) is 10.2 Å². The van der Waals surface area contributed by atoms with Gasteiger partial charge in [0, 0.05) is 0 Å². The molecule has 4 nitrogen and oxygen atoms in total. The molecule has 4 heteroatoms. The van der Waals surface area contributed by atoms with Crippen LogP contribution >= 0.6 is 0 Å². The van der Waals surface area contributed by atoms with Crippen LogP contribution in [-0.2, 0) is 4.79 Å². The molecule has 1 rings (SSSR count). The maximum atomic E-state index is 10.8. The fourth-order valence-corrected chi connectivity index (χ4v) is 1.81. The zero-order chi connectivity index (χ0) is 10.8. The molecular weight excluding hydrogens is 180 g/mol. The monoisotopic (exact) mass is 194 g/mol. The molecule has 0 amide bonds. The van der Waals surface area contributed by atoms with Gasteiger partial charge >= 0.3 is 5.97 Å². The van der Waals surface area contributed by atoms with Gasteiger partial charge in [-0.1, -0.05) is 19.8 Å². The number of aliphatic carboxylic acids is 1. The molecule has 1 saturated carbocycles. The van der Waals surface area contributed by atoms with Gasteiger partial charge in [0.25, 0.3) is 0 Å². The summed E-state index contributed by atoms with van der Waals surface area (Å²) in [5.41, 5.74) is -0.152. The van der Waals surface area contributed by atoms with Crippen LogP contribution in [0.5, 0.6) is 0 Å². The van der Waals surface area contributed by atoms with Crippen molar-refractivity contribution in [1.29, 1.82) is 0 Å². The molecule has 0 spiro atoms. The highest BCUT2D eigenvalue weighted by molar-refractivity contribution is 5.75.